The average Bonchev–Trinajstić information content (AvgIpc) is 3.32. The first-order valence-corrected chi connectivity index (χ1v) is 16.7. The fourth-order valence-corrected chi connectivity index (χ4v) is 6.20. The molecular formula is C40H45NO7U. The van der Waals surface area contributed by atoms with E-state index in [9.17, 15) is 4.79 Å². The molecule has 6 rings (SSSR count). The molecule has 0 bridgehead atoms. The van der Waals surface area contributed by atoms with Crippen LogP contribution in [0.5, 0.6) is 17.2 Å². The smallest absolute Gasteiger partial charge is 0.532 e. The van der Waals surface area contributed by atoms with Crippen LogP contribution in [0.15, 0.2) is 72.0 Å². The molecule has 1 spiro atoms. The molecule has 4 heterocycles. The van der Waals surface area contributed by atoms with Crippen molar-refractivity contribution in [3.8, 4) is 17.2 Å². The molecule has 0 saturated carbocycles. The Balaban J connectivity index is 0.00000468. The summed E-state index contributed by atoms with van der Waals surface area (Å²) < 4.78 is 37.2. The number of allylic oxidation sites excluding steroid dienone is 3. The normalized spacial score (nSPS) is 23.7. The van der Waals surface area contributed by atoms with Crippen molar-refractivity contribution in [2.24, 2.45) is 0 Å². The van der Waals surface area contributed by atoms with E-state index in [4.69, 9.17) is 28.4 Å². The molecular weight excluding hydrogens is 844 g/mol. The van der Waals surface area contributed by atoms with Gasteiger partial charge in [-0.2, -0.15) is 6.08 Å². The van der Waals surface area contributed by atoms with Gasteiger partial charge in [-0.3, -0.25) is 0 Å². The van der Waals surface area contributed by atoms with Gasteiger partial charge in [0.05, 0.1) is 30.0 Å². The monoisotopic (exact) mass is 889 g/mol. The van der Waals surface area contributed by atoms with E-state index in [0.717, 1.165) is 47.9 Å². The molecule has 9 heteroatoms. The van der Waals surface area contributed by atoms with Crippen LogP contribution in [0.4, 0.5) is 0 Å². The van der Waals surface area contributed by atoms with E-state index in [2.05, 4.69) is 50.9 Å². The topological polar surface area (TPSA) is 91.5 Å². The Morgan fingerprint density at radius 3 is 2.37 bits per heavy atom. The number of ether oxygens (including phenoxy) is 6. The van der Waals surface area contributed by atoms with Crippen molar-refractivity contribution in [1.82, 2.24) is 4.98 Å². The van der Waals surface area contributed by atoms with Crippen molar-refractivity contribution in [2.75, 3.05) is 13.2 Å². The number of benzene rings is 2. The van der Waals surface area contributed by atoms with Gasteiger partial charge >= 0.3 is 37.1 Å². The first-order chi connectivity index (χ1) is 23.0. The van der Waals surface area contributed by atoms with E-state index in [1.54, 1.807) is 12.4 Å². The Labute approximate surface area is 313 Å². The van der Waals surface area contributed by atoms with E-state index in [0.29, 0.717) is 36.4 Å². The third kappa shape index (κ3) is 9.00. The van der Waals surface area contributed by atoms with Crippen molar-refractivity contribution >= 4 is 29.3 Å². The van der Waals surface area contributed by atoms with Gasteiger partial charge in [0.25, 0.3) is 0 Å². The third-order valence-electron chi connectivity index (χ3n) is 9.26. The Morgan fingerprint density at radius 1 is 0.980 bits per heavy atom. The maximum Gasteiger partial charge on any atom is 2.00 e. The standard InChI is InChI=1S/C40H45NO7.U/c1-27(9-15-35-38(3,4)46-35)19-24-43-31-13-11-29-17-21-40(45-34(29)26-31)47-36(39(5,6)48-40)16-10-28(2)20-25-44-37-30(8-7-23-42)12-14-33-32(37)18-22-41-33;/h7-8,11,13-14,17-22,26,35-36,41H,9-10,15-16,24-25H2,1-6H3;/q-2;+2/b8-7?,27-19+,28-20+;/t35?,36-,40+;/m1./s1. The van der Waals surface area contributed by atoms with E-state index < -0.39 is 11.6 Å². The number of aromatic amines is 1. The number of aromatic nitrogens is 1. The molecule has 1 N–H and O–H groups in total. The number of nitrogens with one attached hydrogen (secondary N) is 1. The number of H-pyrrole nitrogens is 1. The average molecular weight is 890 g/mol. The molecule has 256 valence electrons. The maximum absolute atomic E-state index is 10.8. The Hall–Kier alpha value is -3.06. The summed E-state index contributed by atoms with van der Waals surface area (Å²) in [5.74, 6) is 0.751. The minimum Gasteiger partial charge on any atom is -0.532 e. The molecule has 3 aliphatic rings. The second-order valence-electron chi connectivity index (χ2n) is 13.8. The molecule has 3 atom stereocenters. The number of carbonyl (C=O) groups excluding carboxylic acids is 1. The summed E-state index contributed by atoms with van der Waals surface area (Å²) in [6.07, 6.45) is 18.4. The summed E-state index contributed by atoms with van der Waals surface area (Å²) in [5.41, 5.74) is 4.47. The molecule has 1 aromatic heterocycles. The van der Waals surface area contributed by atoms with Crippen LogP contribution < -0.4 is 14.2 Å². The predicted molar refractivity (Wildman–Crippen MR) is 187 cm³/mol. The van der Waals surface area contributed by atoms with Crippen LogP contribution in [0.2, 0.25) is 0 Å². The Bertz CT molecular complexity index is 1770. The number of rotatable bonds is 14. The van der Waals surface area contributed by atoms with Gasteiger partial charge in [0.15, 0.2) is 0 Å². The molecule has 0 amide bonds. The Kier molecular flexibility index (Phi) is 11.7. The number of epoxide rings is 1. The van der Waals surface area contributed by atoms with Crippen molar-refractivity contribution in [3.63, 3.8) is 0 Å². The number of hydrogen-bond donors (Lipinski definition) is 1. The van der Waals surface area contributed by atoms with E-state index in [1.165, 1.54) is 17.2 Å². The van der Waals surface area contributed by atoms with Gasteiger partial charge in [-0.15, -0.1) is 23.8 Å². The van der Waals surface area contributed by atoms with Gasteiger partial charge in [0.1, 0.15) is 18.1 Å². The van der Waals surface area contributed by atoms with Gasteiger partial charge in [-0.25, -0.2) is 0 Å². The van der Waals surface area contributed by atoms with Crippen LogP contribution >= 0.6 is 0 Å². The van der Waals surface area contributed by atoms with Crippen LogP contribution in [-0.2, 0) is 19.0 Å². The van der Waals surface area contributed by atoms with E-state index in [1.807, 2.05) is 62.5 Å². The minimum atomic E-state index is -1.30. The summed E-state index contributed by atoms with van der Waals surface area (Å²) in [6, 6.07) is 12.8. The quantitative estimate of drug-likeness (QED) is 0.0753. The zero-order valence-electron chi connectivity index (χ0n) is 29.2. The SMILES string of the molecule is C/C(=C\COc1ccc2c(c1)O[C@@]1(C=C2)O[C@H](CC/C(C)=C/COc2c(C=C[C-]=O)[c-]cc3[nH]ccc23)C(C)(C)O1)CCC1OC1(C)C.[U+2]. The Morgan fingerprint density at radius 2 is 1.67 bits per heavy atom. The fourth-order valence-electron chi connectivity index (χ4n) is 6.20. The van der Waals surface area contributed by atoms with Crippen molar-refractivity contribution in [2.45, 2.75) is 96.6 Å². The first kappa shape index (κ1) is 37.2. The molecule has 3 aromatic rings. The van der Waals surface area contributed by atoms with Crippen LogP contribution in [0.1, 0.15) is 78.4 Å². The fraction of sp³-hybridized carbons (Fsp3) is 0.425. The molecule has 2 saturated heterocycles. The summed E-state index contributed by atoms with van der Waals surface area (Å²) >= 11 is 0. The first-order valence-electron chi connectivity index (χ1n) is 16.7. The summed E-state index contributed by atoms with van der Waals surface area (Å²) in [6.45, 7) is 13.4. The maximum atomic E-state index is 10.8. The summed E-state index contributed by atoms with van der Waals surface area (Å²) in [5, 5.41) is 0.931. The molecule has 2 aromatic carbocycles. The zero-order chi connectivity index (χ0) is 33.9. The molecule has 1 unspecified atom stereocenters. The van der Waals surface area contributed by atoms with Crippen LogP contribution in [0, 0.1) is 37.2 Å². The van der Waals surface area contributed by atoms with Gasteiger partial charge in [-0.05, 0) is 121 Å². The molecule has 0 aliphatic carbocycles. The minimum absolute atomic E-state index is 0. The summed E-state index contributed by atoms with van der Waals surface area (Å²) in [4.78, 5) is 14.0. The van der Waals surface area contributed by atoms with E-state index >= 15 is 0 Å². The second-order valence-corrected chi connectivity index (χ2v) is 13.8. The number of hydrogen-bond acceptors (Lipinski definition) is 7. The van der Waals surface area contributed by atoms with Crippen LogP contribution in [0.3, 0.4) is 0 Å². The molecule has 0 radical (unpaired) electrons. The van der Waals surface area contributed by atoms with Gasteiger partial charge in [0, 0.05) is 23.5 Å². The van der Waals surface area contributed by atoms with Crippen molar-refractivity contribution in [1.29, 1.82) is 0 Å². The van der Waals surface area contributed by atoms with Gasteiger partial charge in [0.2, 0.25) is 0 Å². The van der Waals surface area contributed by atoms with Crippen LogP contribution in [-0.4, -0.2) is 53.9 Å². The van der Waals surface area contributed by atoms with Crippen molar-refractivity contribution in [3.05, 3.63) is 89.2 Å². The van der Waals surface area contributed by atoms with Crippen LogP contribution in [0.25, 0.3) is 23.1 Å². The molecule has 2 fully saturated rings. The third-order valence-corrected chi connectivity index (χ3v) is 9.26. The second kappa shape index (κ2) is 15.5. The molecule has 8 nitrogen and oxygen atoms in total. The summed E-state index contributed by atoms with van der Waals surface area (Å²) in [7, 11) is 0. The number of fused-ring (bicyclic) bond motifs is 2. The van der Waals surface area contributed by atoms with Gasteiger partial charge < -0.3 is 38.2 Å². The zero-order valence-corrected chi connectivity index (χ0v) is 33.3. The molecule has 3 aliphatic heterocycles. The predicted octanol–water partition coefficient (Wildman–Crippen LogP) is 8.43. The van der Waals surface area contributed by atoms with E-state index in [-0.39, 0.29) is 42.8 Å². The molecule has 49 heavy (non-hydrogen) atoms. The van der Waals surface area contributed by atoms with Crippen molar-refractivity contribution < 1.29 is 64.3 Å². The largest absolute Gasteiger partial charge is 2.00 e. The van der Waals surface area contributed by atoms with Gasteiger partial charge in [-0.1, -0.05) is 17.2 Å².